The Hall–Kier alpha value is -1.58. The molecular formula is C20H27NO2. The molecule has 3 heteroatoms. The molecule has 1 fully saturated rings. The lowest BCUT2D eigenvalue weighted by Crippen LogP contribution is -2.27. The van der Waals surface area contributed by atoms with E-state index in [2.05, 4.69) is 11.4 Å². The topological polar surface area (TPSA) is 45.4 Å². The van der Waals surface area contributed by atoms with Gasteiger partial charge in [-0.25, -0.2) is 0 Å². The zero-order valence-corrected chi connectivity index (χ0v) is 13.9. The van der Waals surface area contributed by atoms with Gasteiger partial charge in [-0.3, -0.25) is 0 Å². The summed E-state index contributed by atoms with van der Waals surface area (Å²) in [5.41, 5.74) is 1.98. The maximum absolute atomic E-state index is 9.57. The van der Waals surface area contributed by atoms with Gasteiger partial charge in [0.15, 0.2) is 0 Å². The van der Waals surface area contributed by atoms with Crippen LogP contribution in [-0.4, -0.2) is 11.1 Å². The van der Waals surface area contributed by atoms with Crippen molar-refractivity contribution in [3.8, 4) is 11.3 Å². The lowest BCUT2D eigenvalue weighted by Gasteiger charge is -2.14. The normalized spacial score (nSPS) is 17.8. The molecule has 124 valence electrons. The number of benzene rings is 1. The van der Waals surface area contributed by atoms with E-state index in [0.29, 0.717) is 6.04 Å². The predicted octanol–water partition coefficient (Wildman–Crippen LogP) is 4.81. The Kier molecular flexibility index (Phi) is 5.52. The van der Waals surface area contributed by atoms with Crippen LogP contribution in [0.3, 0.4) is 0 Å². The Morgan fingerprint density at radius 3 is 2.39 bits per heavy atom. The molecule has 0 saturated heterocycles. The summed E-state index contributed by atoms with van der Waals surface area (Å²) < 4.78 is 5.97. The molecule has 1 unspecified atom stereocenters. The van der Waals surface area contributed by atoms with Crippen LogP contribution in [0.5, 0.6) is 0 Å². The number of furan rings is 1. The Morgan fingerprint density at radius 2 is 1.74 bits per heavy atom. The third kappa shape index (κ3) is 4.46. The van der Waals surface area contributed by atoms with Gasteiger partial charge in [-0.15, -0.1) is 0 Å². The number of rotatable bonds is 5. The fraction of sp³-hybridized carbons (Fsp3) is 0.500. The second-order valence-corrected chi connectivity index (χ2v) is 6.63. The summed E-state index contributed by atoms with van der Waals surface area (Å²) in [6, 6.07) is 12.6. The monoisotopic (exact) mass is 313 g/mol. The first-order chi connectivity index (χ1) is 11.2. The largest absolute Gasteiger partial charge is 0.460 e. The predicted molar refractivity (Wildman–Crippen MR) is 93.1 cm³/mol. The summed E-state index contributed by atoms with van der Waals surface area (Å²) in [5.74, 6) is 1.88. The van der Waals surface area contributed by atoms with Gasteiger partial charge in [-0.1, -0.05) is 49.9 Å². The molecule has 1 heterocycles. The zero-order chi connectivity index (χ0) is 16.1. The SMILES string of the molecule is CC(O)c1ccc(-c2ccc(CNC3CCCCCC3)o2)cc1. The van der Waals surface area contributed by atoms with E-state index < -0.39 is 6.10 Å². The summed E-state index contributed by atoms with van der Waals surface area (Å²) in [5, 5.41) is 13.2. The Labute approximate surface area is 138 Å². The van der Waals surface area contributed by atoms with Crippen molar-refractivity contribution in [2.45, 2.75) is 64.1 Å². The van der Waals surface area contributed by atoms with E-state index in [0.717, 1.165) is 29.2 Å². The van der Waals surface area contributed by atoms with E-state index >= 15 is 0 Å². The molecule has 23 heavy (non-hydrogen) atoms. The summed E-state index contributed by atoms with van der Waals surface area (Å²) in [6.45, 7) is 2.58. The second kappa shape index (κ2) is 7.80. The highest BCUT2D eigenvalue weighted by Crippen LogP contribution is 2.24. The maximum atomic E-state index is 9.57. The molecule has 1 atom stereocenters. The molecule has 0 aliphatic heterocycles. The van der Waals surface area contributed by atoms with Crippen molar-refractivity contribution in [3.63, 3.8) is 0 Å². The lowest BCUT2D eigenvalue weighted by molar-refractivity contribution is 0.199. The minimum Gasteiger partial charge on any atom is -0.460 e. The Morgan fingerprint density at radius 1 is 1.04 bits per heavy atom. The second-order valence-electron chi connectivity index (χ2n) is 6.63. The van der Waals surface area contributed by atoms with Gasteiger partial charge in [0.2, 0.25) is 0 Å². The van der Waals surface area contributed by atoms with E-state index in [-0.39, 0.29) is 0 Å². The molecule has 2 aromatic rings. The van der Waals surface area contributed by atoms with Crippen molar-refractivity contribution in [1.82, 2.24) is 5.32 Å². The average molecular weight is 313 g/mol. The minimum atomic E-state index is -0.431. The first-order valence-corrected chi connectivity index (χ1v) is 8.83. The van der Waals surface area contributed by atoms with Crippen LogP contribution in [0.2, 0.25) is 0 Å². The van der Waals surface area contributed by atoms with Crippen LogP contribution in [0, 0.1) is 0 Å². The third-order valence-corrected chi connectivity index (χ3v) is 4.76. The van der Waals surface area contributed by atoms with Gasteiger partial charge in [-0.05, 0) is 37.5 Å². The molecule has 1 aromatic carbocycles. The summed E-state index contributed by atoms with van der Waals surface area (Å²) >= 11 is 0. The van der Waals surface area contributed by atoms with Crippen LogP contribution in [-0.2, 0) is 6.54 Å². The van der Waals surface area contributed by atoms with Crippen molar-refractivity contribution in [3.05, 3.63) is 47.7 Å². The number of aliphatic hydroxyl groups is 1. The van der Waals surface area contributed by atoms with Gasteiger partial charge in [0.25, 0.3) is 0 Å². The molecule has 1 aliphatic carbocycles. The van der Waals surface area contributed by atoms with Crippen molar-refractivity contribution in [1.29, 1.82) is 0 Å². The number of aliphatic hydroxyl groups excluding tert-OH is 1. The van der Waals surface area contributed by atoms with Gasteiger partial charge in [0, 0.05) is 11.6 Å². The molecular weight excluding hydrogens is 286 g/mol. The van der Waals surface area contributed by atoms with Crippen LogP contribution in [0.15, 0.2) is 40.8 Å². The van der Waals surface area contributed by atoms with Crippen LogP contribution in [0.25, 0.3) is 11.3 Å². The highest BCUT2D eigenvalue weighted by atomic mass is 16.3. The first-order valence-electron chi connectivity index (χ1n) is 8.83. The fourth-order valence-electron chi connectivity index (χ4n) is 3.28. The van der Waals surface area contributed by atoms with Crippen molar-refractivity contribution in [2.24, 2.45) is 0 Å². The Bertz CT molecular complexity index is 592. The van der Waals surface area contributed by atoms with Gasteiger partial charge >= 0.3 is 0 Å². The van der Waals surface area contributed by atoms with Crippen molar-refractivity contribution in [2.75, 3.05) is 0 Å². The minimum absolute atomic E-state index is 0.431. The smallest absolute Gasteiger partial charge is 0.134 e. The van der Waals surface area contributed by atoms with Gasteiger partial charge in [-0.2, -0.15) is 0 Å². The van der Waals surface area contributed by atoms with Crippen LogP contribution in [0.1, 0.15) is 62.9 Å². The van der Waals surface area contributed by atoms with Gasteiger partial charge in [0.05, 0.1) is 12.6 Å². The number of hydrogen-bond acceptors (Lipinski definition) is 3. The standard InChI is InChI=1S/C20H27NO2/c1-15(22)16-8-10-17(11-9-16)20-13-12-19(23-20)14-21-18-6-4-2-3-5-7-18/h8-13,15,18,21-22H,2-7,14H2,1H3. The maximum Gasteiger partial charge on any atom is 0.134 e. The van der Waals surface area contributed by atoms with E-state index in [1.54, 1.807) is 6.92 Å². The summed E-state index contributed by atoms with van der Waals surface area (Å²) in [6.07, 6.45) is 7.59. The first kappa shape index (κ1) is 16.3. The van der Waals surface area contributed by atoms with Crippen molar-refractivity contribution >= 4 is 0 Å². The molecule has 1 aromatic heterocycles. The van der Waals surface area contributed by atoms with Crippen molar-refractivity contribution < 1.29 is 9.52 Å². The molecule has 3 rings (SSSR count). The van der Waals surface area contributed by atoms with E-state index in [1.165, 1.54) is 38.5 Å². The summed E-state index contributed by atoms with van der Waals surface area (Å²) in [7, 11) is 0. The molecule has 1 aliphatic rings. The molecule has 2 N–H and O–H groups in total. The average Bonchev–Trinajstić information content (AvgIpc) is 2.88. The molecule has 0 spiro atoms. The molecule has 0 amide bonds. The van der Waals surface area contributed by atoms with E-state index in [1.807, 2.05) is 30.3 Å². The van der Waals surface area contributed by atoms with Crippen LogP contribution < -0.4 is 5.32 Å². The zero-order valence-electron chi connectivity index (χ0n) is 13.9. The van der Waals surface area contributed by atoms with E-state index in [9.17, 15) is 5.11 Å². The van der Waals surface area contributed by atoms with Crippen LogP contribution >= 0.6 is 0 Å². The number of hydrogen-bond donors (Lipinski definition) is 2. The Balaban J connectivity index is 1.59. The molecule has 1 saturated carbocycles. The van der Waals surface area contributed by atoms with Gasteiger partial charge < -0.3 is 14.8 Å². The van der Waals surface area contributed by atoms with E-state index in [4.69, 9.17) is 4.42 Å². The fourth-order valence-corrected chi connectivity index (χ4v) is 3.28. The highest BCUT2D eigenvalue weighted by molar-refractivity contribution is 5.58. The number of nitrogens with one attached hydrogen (secondary N) is 1. The lowest BCUT2D eigenvalue weighted by atomic mass is 10.1. The molecule has 0 bridgehead atoms. The third-order valence-electron chi connectivity index (χ3n) is 4.76. The van der Waals surface area contributed by atoms with Gasteiger partial charge in [0.1, 0.15) is 11.5 Å². The quantitative estimate of drug-likeness (QED) is 0.778. The summed E-state index contributed by atoms with van der Waals surface area (Å²) in [4.78, 5) is 0. The highest BCUT2D eigenvalue weighted by Gasteiger charge is 2.12. The molecule has 0 radical (unpaired) electrons. The van der Waals surface area contributed by atoms with Crippen LogP contribution in [0.4, 0.5) is 0 Å². The molecule has 3 nitrogen and oxygen atoms in total.